The molecule has 34 heavy (non-hydrogen) atoms. The molecule has 1 aromatic heterocycles. The highest BCUT2D eigenvalue weighted by atomic mass is 35.5. The molecule has 7 nitrogen and oxygen atoms in total. The number of H-pyrrole nitrogens is 1. The maximum absolute atomic E-state index is 13.2. The average molecular weight is 485 g/mol. The van der Waals surface area contributed by atoms with Crippen LogP contribution in [0.2, 0.25) is 5.02 Å². The second-order valence-corrected chi connectivity index (χ2v) is 11.2. The molecule has 8 heteroatoms. The van der Waals surface area contributed by atoms with Gasteiger partial charge in [-0.25, -0.2) is 0 Å². The predicted molar refractivity (Wildman–Crippen MR) is 133 cm³/mol. The van der Waals surface area contributed by atoms with E-state index in [4.69, 9.17) is 11.6 Å². The van der Waals surface area contributed by atoms with E-state index in [1.807, 2.05) is 20.8 Å². The van der Waals surface area contributed by atoms with Crippen molar-refractivity contribution in [1.82, 2.24) is 15.2 Å². The maximum Gasteiger partial charge on any atom is 0.251 e. The molecule has 3 rings (SSSR count). The first-order valence-corrected chi connectivity index (χ1v) is 12.1. The number of rotatable bonds is 6. The second kappa shape index (κ2) is 10.2. The van der Waals surface area contributed by atoms with Crippen molar-refractivity contribution in [3.8, 4) is 6.07 Å². The van der Waals surface area contributed by atoms with E-state index in [0.29, 0.717) is 41.4 Å². The van der Waals surface area contributed by atoms with Crippen LogP contribution in [0.15, 0.2) is 29.1 Å². The molecule has 0 bridgehead atoms. The lowest BCUT2D eigenvalue weighted by molar-refractivity contribution is -0.140. The highest BCUT2D eigenvalue weighted by Gasteiger charge is 2.41. The van der Waals surface area contributed by atoms with Crippen molar-refractivity contribution >= 4 is 34.3 Å². The first-order chi connectivity index (χ1) is 15.9. The summed E-state index contributed by atoms with van der Waals surface area (Å²) in [5, 5.41) is 13.8. The van der Waals surface area contributed by atoms with E-state index >= 15 is 0 Å². The Kier molecular flexibility index (Phi) is 7.72. The fraction of sp³-hybridized carbons (Fsp3) is 0.538. The third-order valence-electron chi connectivity index (χ3n) is 6.36. The molecular formula is C26H33ClN4O3. The first-order valence-electron chi connectivity index (χ1n) is 11.7. The Morgan fingerprint density at radius 2 is 2.00 bits per heavy atom. The van der Waals surface area contributed by atoms with Crippen LogP contribution in [0.1, 0.15) is 53.0 Å². The van der Waals surface area contributed by atoms with E-state index in [2.05, 4.69) is 30.2 Å². The zero-order valence-electron chi connectivity index (χ0n) is 20.4. The summed E-state index contributed by atoms with van der Waals surface area (Å²) >= 11 is 6.00. The van der Waals surface area contributed by atoms with Gasteiger partial charge in [0.05, 0.1) is 6.07 Å². The van der Waals surface area contributed by atoms with E-state index < -0.39 is 12.1 Å². The number of carbonyl (C=O) groups excluding carboxylic acids is 2. The van der Waals surface area contributed by atoms with Gasteiger partial charge in [-0.1, -0.05) is 52.3 Å². The fourth-order valence-corrected chi connectivity index (χ4v) is 4.59. The van der Waals surface area contributed by atoms with Gasteiger partial charge in [0, 0.05) is 35.5 Å². The molecule has 1 saturated heterocycles. The molecule has 0 aliphatic carbocycles. The third kappa shape index (κ3) is 6.18. The molecule has 2 heterocycles. The van der Waals surface area contributed by atoms with E-state index in [1.165, 1.54) is 0 Å². The smallest absolute Gasteiger partial charge is 0.251 e. The number of aromatic amines is 1. The molecule has 3 atom stereocenters. The lowest BCUT2D eigenvalue weighted by atomic mass is 9.91. The van der Waals surface area contributed by atoms with Gasteiger partial charge in [-0.15, -0.1) is 0 Å². The molecule has 2 aromatic rings. The molecule has 0 saturated carbocycles. The quantitative estimate of drug-likeness (QED) is 0.645. The third-order valence-corrected chi connectivity index (χ3v) is 6.60. The highest BCUT2D eigenvalue weighted by Crippen LogP contribution is 2.31. The Hall–Kier alpha value is -2.85. The standard InChI is InChI=1S/C26H33ClN4O3/c1-15(2)18-10-22(31(14-18)23(32)12-26(3,4)5)25(34)29-20(13-28)9-17-8-16-6-7-19(27)11-21(16)30-24(17)33/h6-8,11,15,18,20,22H,9-10,12,14H2,1-5H3,(H,29,34)(H,30,33)/t18-,20?,22+/m1/s1. The Labute approximate surface area is 205 Å². The monoisotopic (exact) mass is 484 g/mol. The topological polar surface area (TPSA) is 106 Å². The number of halogens is 1. The minimum Gasteiger partial charge on any atom is -0.338 e. The molecule has 1 aliphatic heterocycles. The number of fused-ring (bicyclic) bond motifs is 1. The number of benzene rings is 1. The lowest BCUT2D eigenvalue weighted by Crippen LogP contribution is -2.49. The van der Waals surface area contributed by atoms with Crippen molar-refractivity contribution in [2.45, 2.75) is 66.0 Å². The minimum atomic E-state index is -0.893. The van der Waals surface area contributed by atoms with E-state index in [-0.39, 0.29) is 35.1 Å². The molecule has 182 valence electrons. The number of nitrogens with one attached hydrogen (secondary N) is 2. The Balaban J connectivity index is 1.77. The van der Waals surface area contributed by atoms with Crippen LogP contribution in [0.4, 0.5) is 0 Å². The van der Waals surface area contributed by atoms with E-state index in [0.717, 1.165) is 5.39 Å². The average Bonchev–Trinajstić information content (AvgIpc) is 3.19. The number of hydrogen-bond donors (Lipinski definition) is 2. The molecule has 0 spiro atoms. The van der Waals surface area contributed by atoms with Gasteiger partial charge in [0.25, 0.3) is 5.56 Å². The Morgan fingerprint density at radius 3 is 2.62 bits per heavy atom. The van der Waals surface area contributed by atoms with Crippen LogP contribution >= 0.6 is 11.6 Å². The van der Waals surface area contributed by atoms with Crippen LogP contribution in [-0.4, -0.2) is 40.3 Å². The van der Waals surface area contributed by atoms with Gasteiger partial charge in [0.15, 0.2) is 0 Å². The number of aromatic nitrogens is 1. The fourth-order valence-electron chi connectivity index (χ4n) is 4.42. The van der Waals surface area contributed by atoms with Crippen molar-refractivity contribution in [3.63, 3.8) is 0 Å². The maximum atomic E-state index is 13.2. The molecule has 1 aliphatic rings. The van der Waals surface area contributed by atoms with Crippen LogP contribution in [0.5, 0.6) is 0 Å². The van der Waals surface area contributed by atoms with Crippen LogP contribution < -0.4 is 10.9 Å². The second-order valence-electron chi connectivity index (χ2n) is 10.8. The summed E-state index contributed by atoms with van der Waals surface area (Å²) in [5.41, 5.74) is 0.489. The molecule has 0 radical (unpaired) electrons. The summed E-state index contributed by atoms with van der Waals surface area (Å²) < 4.78 is 0. The molecule has 2 amide bonds. The van der Waals surface area contributed by atoms with Crippen LogP contribution in [0, 0.1) is 28.6 Å². The SMILES string of the molecule is CC(C)[C@@H]1C[C@@H](C(=O)NC(C#N)Cc2cc3ccc(Cl)cc3[nH]c2=O)N(C(=O)CC(C)(C)C)C1. The lowest BCUT2D eigenvalue weighted by Gasteiger charge is -2.28. The molecule has 2 N–H and O–H groups in total. The molecule has 1 aromatic carbocycles. The normalized spacial score (nSPS) is 19.3. The number of nitrogens with zero attached hydrogens (tertiary/aromatic N) is 2. The van der Waals surface area contributed by atoms with Crippen molar-refractivity contribution in [2.24, 2.45) is 17.3 Å². The highest BCUT2D eigenvalue weighted by molar-refractivity contribution is 6.31. The van der Waals surface area contributed by atoms with E-state index in [9.17, 15) is 19.6 Å². The predicted octanol–water partition coefficient (Wildman–Crippen LogP) is 4.04. The van der Waals surface area contributed by atoms with Gasteiger partial charge in [-0.05, 0) is 47.3 Å². The summed E-state index contributed by atoms with van der Waals surface area (Å²) in [6.45, 7) is 10.7. The van der Waals surface area contributed by atoms with Crippen molar-refractivity contribution in [3.05, 3.63) is 45.2 Å². The molecular weight excluding hydrogens is 452 g/mol. The Bertz CT molecular complexity index is 1180. The van der Waals surface area contributed by atoms with Crippen LogP contribution in [0.3, 0.4) is 0 Å². The summed E-state index contributed by atoms with van der Waals surface area (Å²) in [6.07, 6.45) is 0.973. The summed E-state index contributed by atoms with van der Waals surface area (Å²) in [4.78, 5) is 43.3. The van der Waals surface area contributed by atoms with Gasteiger partial charge < -0.3 is 15.2 Å². The molecule has 1 unspecified atom stereocenters. The van der Waals surface area contributed by atoms with Crippen LogP contribution in [-0.2, 0) is 16.0 Å². The largest absolute Gasteiger partial charge is 0.338 e. The number of carbonyl (C=O) groups is 2. The van der Waals surface area contributed by atoms with Gasteiger partial charge in [-0.3, -0.25) is 14.4 Å². The number of likely N-dealkylation sites (tertiary alicyclic amines) is 1. The van der Waals surface area contributed by atoms with E-state index in [1.54, 1.807) is 29.2 Å². The number of hydrogen-bond acceptors (Lipinski definition) is 4. The zero-order valence-corrected chi connectivity index (χ0v) is 21.2. The summed E-state index contributed by atoms with van der Waals surface area (Å²) in [5.74, 6) is 0.157. The first kappa shape index (κ1) is 25.8. The zero-order chi connectivity index (χ0) is 25.2. The van der Waals surface area contributed by atoms with Crippen LogP contribution in [0.25, 0.3) is 10.9 Å². The number of amides is 2. The van der Waals surface area contributed by atoms with Crippen molar-refractivity contribution < 1.29 is 9.59 Å². The minimum absolute atomic E-state index is 0.0473. The van der Waals surface area contributed by atoms with Gasteiger partial charge in [-0.2, -0.15) is 5.26 Å². The summed E-state index contributed by atoms with van der Waals surface area (Å²) in [6, 6.07) is 7.49. The Morgan fingerprint density at radius 1 is 1.29 bits per heavy atom. The van der Waals surface area contributed by atoms with Crippen molar-refractivity contribution in [1.29, 1.82) is 5.26 Å². The van der Waals surface area contributed by atoms with Crippen molar-refractivity contribution in [2.75, 3.05) is 6.54 Å². The summed E-state index contributed by atoms with van der Waals surface area (Å²) in [7, 11) is 0. The molecule has 1 fully saturated rings. The number of pyridine rings is 1. The van der Waals surface area contributed by atoms with Gasteiger partial charge in [0.2, 0.25) is 11.8 Å². The van der Waals surface area contributed by atoms with Gasteiger partial charge >= 0.3 is 0 Å². The van der Waals surface area contributed by atoms with Gasteiger partial charge in [0.1, 0.15) is 12.1 Å². The number of nitriles is 1.